The Kier molecular flexibility index (Phi) is 4.84. The van der Waals surface area contributed by atoms with Gasteiger partial charge in [-0.15, -0.1) is 0 Å². The molecule has 1 aromatic carbocycles. The summed E-state index contributed by atoms with van der Waals surface area (Å²) in [6, 6.07) is 4.09. The maximum atomic E-state index is 12.5. The number of carbonyl (C=O) groups excluding carboxylic acids is 1. The van der Waals surface area contributed by atoms with Crippen LogP contribution in [0.4, 0.5) is 0 Å². The Hall–Kier alpha value is -1.75. The molecular weight excluding hydrogens is 256 g/mol. The SMILES string of the molecule is CCN(CC1CCNCC1)C(=O)c1ccc(O)cc1O. The quantitative estimate of drug-likeness (QED) is 0.781. The van der Waals surface area contributed by atoms with E-state index in [1.54, 1.807) is 4.90 Å². The molecule has 1 aliphatic heterocycles. The molecule has 1 amide bonds. The molecule has 1 heterocycles. The third-order valence-corrected chi connectivity index (χ3v) is 3.82. The first-order valence-corrected chi connectivity index (χ1v) is 7.13. The van der Waals surface area contributed by atoms with E-state index in [1.807, 2.05) is 6.92 Å². The van der Waals surface area contributed by atoms with Crippen molar-refractivity contribution in [1.29, 1.82) is 0 Å². The van der Waals surface area contributed by atoms with Gasteiger partial charge in [0.15, 0.2) is 0 Å². The van der Waals surface area contributed by atoms with Crippen LogP contribution >= 0.6 is 0 Å². The number of rotatable bonds is 4. The average molecular weight is 278 g/mol. The third kappa shape index (κ3) is 3.42. The fourth-order valence-electron chi connectivity index (χ4n) is 2.60. The second kappa shape index (κ2) is 6.61. The Bertz CT molecular complexity index is 470. The lowest BCUT2D eigenvalue weighted by Gasteiger charge is -2.29. The van der Waals surface area contributed by atoms with Crippen LogP contribution in [-0.4, -0.2) is 47.2 Å². The molecule has 0 bridgehead atoms. The molecular formula is C15H22N2O3. The highest BCUT2D eigenvalue weighted by Gasteiger charge is 2.22. The second-order valence-corrected chi connectivity index (χ2v) is 5.24. The van der Waals surface area contributed by atoms with Crippen molar-refractivity contribution in [3.8, 4) is 11.5 Å². The van der Waals surface area contributed by atoms with Crippen LogP contribution in [0.15, 0.2) is 18.2 Å². The first-order valence-electron chi connectivity index (χ1n) is 7.13. The van der Waals surface area contributed by atoms with Gasteiger partial charge >= 0.3 is 0 Å². The second-order valence-electron chi connectivity index (χ2n) is 5.24. The summed E-state index contributed by atoms with van der Waals surface area (Å²) < 4.78 is 0. The molecule has 2 rings (SSSR count). The van der Waals surface area contributed by atoms with Crippen LogP contribution in [0.1, 0.15) is 30.1 Å². The van der Waals surface area contributed by atoms with Gasteiger partial charge in [-0.1, -0.05) is 0 Å². The first kappa shape index (κ1) is 14.7. The molecule has 3 N–H and O–H groups in total. The highest BCUT2D eigenvalue weighted by atomic mass is 16.3. The van der Waals surface area contributed by atoms with Crippen LogP contribution in [0.2, 0.25) is 0 Å². The Morgan fingerprint density at radius 1 is 1.35 bits per heavy atom. The molecule has 0 atom stereocenters. The number of phenols is 2. The van der Waals surface area contributed by atoms with E-state index in [4.69, 9.17) is 0 Å². The maximum Gasteiger partial charge on any atom is 0.257 e. The van der Waals surface area contributed by atoms with E-state index in [0.717, 1.165) is 32.5 Å². The molecule has 0 unspecified atom stereocenters. The summed E-state index contributed by atoms with van der Waals surface area (Å²) in [5.74, 6) is 0.127. The van der Waals surface area contributed by atoms with E-state index < -0.39 is 0 Å². The van der Waals surface area contributed by atoms with Crippen LogP contribution in [0.5, 0.6) is 11.5 Å². The van der Waals surface area contributed by atoms with Crippen LogP contribution in [-0.2, 0) is 0 Å². The lowest BCUT2D eigenvalue weighted by molar-refractivity contribution is 0.0723. The number of amides is 1. The molecule has 0 aliphatic carbocycles. The van der Waals surface area contributed by atoms with Gasteiger partial charge in [0.25, 0.3) is 5.91 Å². The van der Waals surface area contributed by atoms with Crippen LogP contribution in [0.3, 0.4) is 0 Å². The van der Waals surface area contributed by atoms with Gasteiger partial charge in [0.2, 0.25) is 0 Å². The van der Waals surface area contributed by atoms with Crippen LogP contribution in [0, 0.1) is 5.92 Å². The van der Waals surface area contributed by atoms with E-state index in [9.17, 15) is 15.0 Å². The summed E-state index contributed by atoms with van der Waals surface area (Å²) in [6.07, 6.45) is 2.15. The minimum absolute atomic E-state index is 0.0412. The van der Waals surface area contributed by atoms with E-state index >= 15 is 0 Å². The summed E-state index contributed by atoms with van der Waals surface area (Å²) in [7, 11) is 0. The topological polar surface area (TPSA) is 72.8 Å². The number of hydrogen-bond donors (Lipinski definition) is 3. The van der Waals surface area contributed by atoms with Crippen molar-refractivity contribution < 1.29 is 15.0 Å². The predicted octanol–water partition coefficient (Wildman–Crippen LogP) is 1.56. The Balaban J connectivity index is 2.07. The molecule has 110 valence electrons. The van der Waals surface area contributed by atoms with Gasteiger partial charge in [0.1, 0.15) is 11.5 Å². The zero-order chi connectivity index (χ0) is 14.5. The Morgan fingerprint density at radius 2 is 2.05 bits per heavy atom. The van der Waals surface area contributed by atoms with Gasteiger partial charge in [0, 0.05) is 19.2 Å². The standard InChI is InChI=1S/C15H22N2O3/c1-2-17(10-11-5-7-16-8-6-11)15(20)13-4-3-12(18)9-14(13)19/h3-4,9,11,16,18-19H,2,5-8,10H2,1H3. The first-order chi connectivity index (χ1) is 9.61. The zero-order valence-electron chi connectivity index (χ0n) is 11.8. The highest BCUT2D eigenvalue weighted by Crippen LogP contribution is 2.24. The van der Waals surface area contributed by atoms with Crippen molar-refractivity contribution in [2.24, 2.45) is 5.92 Å². The van der Waals surface area contributed by atoms with Crippen LogP contribution in [0.25, 0.3) is 0 Å². The molecule has 5 heteroatoms. The molecule has 20 heavy (non-hydrogen) atoms. The Labute approximate surface area is 119 Å². The molecule has 5 nitrogen and oxygen atoms in total. The average Bonchev–Trinajstić information content (AvgIpc) is 2.45. The van der Waals surface area contributed by atoms with E-state index in [0.29, 0.717) is 12.5 Å². The third-order valence-electron chi connectivity index (χ3n) is 3.82. The van der Waals surface area contributed by atoms with E-state index in [2.05, 4.69) is 5.32 Å². The van der Waals surface area contributed by atoms with E-state index in [-0.39, 0.29) is 23.0 Å². The van der Waals surface area contributed by atoms with Crippen molar-refractivity contribution in [3.05, 3.63) is 23.8 Å². The van der Waals surface area contributed by atoms with Gasteiger partial charge in [-0.05, 0) is 50.9 Å². The minimum atomic E-state index is -0.177. The van der Waals surface area contributed by atoms with Gasteiger partial charge in [0.05, 0.1) is 5.56 Å². The fraction of sp³-hybridized carbons (Fsp3) is 0.533. The van der Waals surface area contributed by atoms with Crippen LogP contribution < -0.4 is 5.32 Å². The van der Waals surface area contributed by atoms with Gasteiger partial charge in [-0.2, -0.15) is 0 Å². The highest BCUT2D eigenvalue weighted by molar-refractivity contribution is 5.97. The van der Waals surface area contributed by atoms with E-state index in [1.165, 1.54) is 18.2 Å². The molecule has 0 aromatic heterocycles. The van der Waals surface area contributed by atoms with Crippen molar-refractivity contribution in [2.45, 2.75) is 19.8 Å². The number of hydrogen-bond acceptors (Lipinski definition) is 4. The molecule has 0 saturated carbocycles. The molecule has 0 spiro atoms. The molecule has 0 radical (unpaired) electrons. The summed E-state index contributed by atoms with van der Waals surface area (Å²) in [4.78, 5) is 14.2. The van der Waals surface area contributed by atoms with Gasteiger partial charge in [-0.3, -0.25) is 4.79 Å². The lowest BCUT2D eigenvalue weighted by Crippen LogP contribution is -2.39. The van der Waals surface area contributed by atoms with Gasteiger partial charge in [-0.25, -0.2) is 0 Å². The predicted molar refractivity (Wildman–Crippen MR) is 76.9 cm³/mol. The molecule has 1 aromatic rings. The van der Waals surface area contributed by atoms with Gasteiger partial charge < -0.3 is 20.4 Å². The number of nitrogens with one attached hydrogen (secondary N) is 1. The fourth-order valence-corrected chi connectivity index (χ4v) is 2.60. The largest absolute Gasteiger partial charge is 0.508 e. The number of phenolic OH excluding ortho intramolecular Hbond substituents is 2. The smallest absolute Gasteiger partial charge is 0.257 e. The normalized spacial score (nSPS) is 16.1. The van der Waals surface area contributed by atoms with Crippen molar-refractivity contribution in [3.63, 3.8) is 0 Å². The summed E-state index contributed by atoms with van der Waals surface area (Å²) >= 11 is 0. The molecule has 1 aliphatic rings. The van der Waals surface area contributed by atoms with Crippen molar-refractivity contribution in [2.75, 3.05) is 26.2 Å². The summed E-state index contributed by atoms with van der Waals surface area (Å²) in [5.41, 5.74) is 0.249. The summed E-state index contributed by atoms with van der Waals surface area (Å²) in [6.45, 7) is 5.28. The molecule has 1 saturated heterocycles. The molecule has 1 fully saturated rings. The number of carbonyl (C=O) groups is 1. The Morgan fingerprint density at radius 3 is 2.65 bits per heavy atom. The number of aromatic hydroxyl groups is 2. The maximum absolute atomic E-state index is 12.5. The van der Waals surface area contributed by atoms with Crippen molar-refractivity contribution >= 4 is 5.91 Å². The number of piperidine rings is 1. The number of nitrogens with zero attached hydrogens (tertiary/aromatic N) is 1. The lowest BCUT2D eigenvalue weighted by atomic mass is 9.97. The monoisotopic (exact) mass is 278 g/mol. The summed E-state index contributed by atoms with van der Waals surface area (Å²) in [5, 5.41) is 22.4. The van der Waals surface area contributed by atoms with Crippen molar-refractivity contribution in [1.82, 2.24) is 10.2 Å². The number of benzene rings is 1. The zero-order valence-corrected chi connectivity index (χ0v) is 11.8. The minimum Gasteiger partial charge on any atom is -0.508 e.